The minimum Gasteiger partial charge on any atom is -0.495 e. The first-order valence-corrected chi connectivity index (χ1v) is 5.54. The second kappa shape index (κ2) is 4.17. The number of halogens is 1. The fraction of sp³-hybridized carbons (Fsp3) is 0.182. The van der Waals surface area contributed by atoms with Crippen LogP contribution in [0.4, 0.5) is 5.69 Å². The molecular formula is C11H12BrN3O. The standard InChI is InChI=1S/C11H12BrN3O/c1-15-10(9(13)6-14-15)7-4-3-5-8(12)11(7)16-2/h3-6H,13H2,1-2H3. The summed E-state index contributed by atoms with van der Waals surface area (Å²) in [6, 6.07) is 5.82. The normalized spacial score (nSPS) is 10.4. The molecule has 0 unspecified atom stereocenters. The molecule has 2 aromatic rings. The van der Waals surface area contributed by atoms with Gasteiger partial charge in [0.25, 0.3) is 0 Å². The molecule has 0 spiro atoms. The molecule has 2 N–H and O–H groups in total. The predicted molar refractivity (Wildman–Crippen MR) is 67.3 cm³/mol. The topological polar surface area (TPSA) is 53.1 Å². The number of para-hydroxylation sites is 1. The number of aryl methyl sites for hydroxylation is 1. The maximum atomic E-state index is 5.89. The number of benzene rings is 1. The molecule has 0 saturated carbocycles. The summed E-state index contributed by atoms with van der Waals surface area (Å²) in [5.74, 6) is 0.762. The SMILES string of the molecule is COc1c(Br)cccc1-c1c(N)cnn1C. The van der Waals surface area contributed by atoms with Crippen LogP contribution < -0.4 is 10.5 Å². The van der Waals surface area contributed by atoms with Crippen LogP contribution >= 0.6 is 15.9 Å². The number of nitrogen functional groups attached to an aromatic ring is 1. The van der Waals surface area contributed by atoms with Gasteiger partial charge in [0.1, 0.15) is 5.75 Å². The molecule has 4 nitrogen and oxygen atoms in total. The van der Waals surface area contributed by atoms with Crippen LogP contribution in [0.25, 0.3) is 11.3 Å². The highest BCUT2D eigenvalue weighted by molar-refractivity contribution is 9.10. The van der Waals surface area contributed by atoms with E-state index in [0.717, 1.165) is 21.5 Å². The molecule has 0 amide bonds. The summed E-state index contributed by atoms with van der Waals surface area (Å²) in [5.41, 5.74) is 8.32. The zero-order chi connectivity index (χ0) is 11.7. The van der Waals surface area contributed by atoms with Crippen LogP contribution in [0.3, 0.4) is 0 Å². The van der Waals surface area contributed by atoms with Crippen molar-refractivity contribution in [1.82, 2.24) is 9.78 Å². The van der Waals surface area contributed by atoms with Gasteiger partial charge in [0.2, 0.25) is 0 Å². The number of ether oxygens (including phenoxy) is 1. The van der Waals surface area contributed by atoms with Gasteiger partial charge in [-0.15, -0.1) is 0 Å². The lowest BCUT2D eigenvalue weighted by Crippen LogP contribution is -1.98. The summed E-state index contributed by atoms with van der Waals surface area (Å²) in [4.78, 5) is 0. The van der Waals surface area contributed by atoms with E-state index in [1.807, 2.05) is 25.2 Å². The monoisotopic (exact) mass is 281 g/mol. The van der Waals surface area contributed by atoms with Crippen molar-refractivity contribution in [3.63, 3.8) is 0 Å². The van der Waals surface area contributed by atoms with Gasteiger partial charge in [0.15, 0.2) is 0 Å². The Morgan fingerprint density at radius 1 is 1.44 bits per heavy atom. The van der Waals surface area contributed by atoms with Crippen molar-refractivity contribution in [2.75, 3.05) is 12.8 Å². The lowest BCUT2D eigenvalue weighted by Gasteiger charge is -2.11. The van der Waals surface area contributed by atoms with Crippen molar-refractivity contribution in [1.29, 1.82) is 0 Å². The number of nitrogens with two attached hydrogens (primary N) is 1. The van der Waals surface area contributed by atoms with Crippen molar-refractivity contribution >= 4 is 21.6 Å². The molecule has 0 saturated heterocycles. The lowest BCUT2D eigenvalue weighted by atomic mass is 10.1. The highest BCUT2D eigenvalue weighted by atomic mass is 79.9. The Hall–Kier alpha value is -1.49. The maximum absolute atomic E-state index is 5.89. The van der Waals surface area contributed by atoms with Crippen molar-refractivity contribution in [3.8, 4) is 17.0 Å². The smallest absolute Gasteiger partial charge is 0.142 e. The molecule has 0 aliphatic heterocycles. The average molecular weight is 282 g/mol. The second-order valence-corrected chi connectivity index (χ2v) is 4.25. The summed E-state index contributed by atoms with van der Waals surface area (Å²) >= 11 is 3.45. The van der Waals surface area contributed by atoms with E-state index < -0.39 is 0 Å². The third kappa shape index (κ3) is 1.67. The molecule has 1 aromatic carbocycles. The highest BCUT2D eigenvalue weighted by Crippen LogP contribution is 2.38. The van der Waals surface area contributed by atoms with Gasteiger partial charge < -0.3 is 10.5 Å². The summed E-state index contributed by atoms with van der Waals surface area (Å²) in [7, 11) is 3.49. The van der Waals surface area contributed by atoms with Gasteiger partial charge in [-0.25, -0.2) is 0 Å². The van der Waals surface area contributed by atoms with Gasteiger partial charge in [-0.1, -0.05) is 6.07 Å². The van der Waals surface area contributed by atoms with Gasteiger partial charge in [0, 0.05) is 12.6 Å². The molecular weight excluding hydrogens is 270 g/mol. The molecule has 0 bridgehead atoms. The van der Waals surface area contributed by atoms with E-state index in [-0.39, 0.29) is 0 Å². The van der Waals surface area contributed by atoms with Crippen molar-refractivity contribution < 1.29 is 4.74 Å². The largest absolute Gasteiger partial charge is 0.495 e. The zero-order valence-electron chi connectivity index (χ0n) is 9.07. The van der Waals surface area contributed by atoms with Crippen LogP contribution in [0.1, 0.15) is 0 Å². The Labute approximate surface area is 102 Å². The molecule has 2 rings (SSSR count). The minimum atomic E-state index is 0.638. The third-order valence-electron chi connectivity index (χ3n) is 2.39. The van der Waals surface area contributed by atoms with Gasteiger partial charge in [-0.3, -0.25) is 4.68 Å². The molecule has 1 aromatic heterocycles. The van der Waals surface area contributed by atoms with Crippen molar-refractivity contribution in [2.45, 2.75) is 0 Å². The highest BCUT2D eigenvalue weighted by Gasteiger charge is 2.15. The quantitative estimate of drug-likeness (QED) is 0.920. The van der Waals surface area contributed by atoms with Gasteiger partial charge in [-0.05, 0) is 28.1 Å². The van der Waals surface area contributed by atoms with Crippen molar-refractivity contribution in [2.24, 2.45) is 7.05 Å². The van der Waals surface area contributed by atoms with E-state index in [4.69, 9.17) is 10.5 Å². The van der Waals surface area contributed by atoms with Crippen LogP contribution in [0.5, 0.6) is 5.75 Å². The van der Waals surface area contributed by atoms with E-state index in [0.29, 0.717) is 5.69 Å². The molecule has 16 heavy (non-hydrogen) atoms. The van der Waals surface area contributed by atoms with E-state index in [1.54, 1.807) is 18.0 Å². The van der Waals surface area contributed by atoms with Gasteiger partial charge in [0.05, 0.1) is 29.2 Å². The van der Waals surface area contributed by atoms with E-state index in [2.05, 4.69) is 21.0 Å². The minimum absolute atomic E-state index is 0.638. The number of aromatic nitrogens is 2. The van der Waals surface area contributed by atoms with E-state index in [1.165, 1.54) is 0 Å². The van der Waals surface area contributed by atoms with Crippen LogP contribution in [-0.4, -0.2) is 16.9 Å². The average Bonchev–Trinajstić information content (AvgIpc) is 2.58. The molecule has 0 fully saturated rings. The molecule has 84 valence electrons. The molecule has 0 atom stereocenters. The van der Waals surface area contributed by atoms with Crippen LogP contribution in [0, 0.1) is 0 Å². The number of nitrogens with zero attached hydrogens (tertiary/aromatic N) is 2. The van der Waals surface area contributed by atoms with Crippen LogP contribution in [0.2, 0.25) is 0 Å². The second-order valence-electron chi connectivity index (χ2n) is 3.39. The van der Waals surface area contributed by atoms with Crippen LogP contribution in [0.15, 0.2) is 28.9 Å². The number of anilines is 1. The summed E-state index contributed by atoms with van der Waals surface area (Å²) in [6.45, 7) is 0. The first-order valence-electron chi connectivity index (χ1n) is 4.75. The van der Waals surface area contributed by atoms with Crippen molar-refractivity contribution in [3.05, 3.63) is 28.9 Å². The zero-order valence-corrected chi connectivity index (χ0v) is 10.7. The molecule has 0 aliphatic rings. The lowest BCUT2D eigenvalue weighted by molar-refractivity contribution is 0.413. The van der Waals surface area contributed by atoms with E-state index >= 15 is 0 Å². The Balaban J connectivity index is 2.69. The van der Waals surface area contributed by atoms with Gasteiger partial charge >= 0.3 is 0 Å². The fourth-order valence-corrected chi connectivity index (χ4v) is 2.22. The Kier molecular flexibility index (Phi) is 2.87. The first kappa shape index (κ1) is 11.0. The molecule has 0 radical (unpaired) electrons. The predicted octanol–water partition coefficient (Wildman–Crippen LogP) is 2.44. The maximum Gasteiger partial charge on any atom is 0.142 e. The fourth-order valence-electron chi connectivity index (χ4n) is 1.69. The number of rotatable bonds is 2. The summed E-state index contributed by atoms with van der Waals surface area (Å²) < 4.78 is 8.00. The first-order chi connectivity index (χ1) is 7.65. The molecule has 0 aliphatic carbocycles. The summed E-state index contributed by atoms with van der Waals surface area (Å²) in [6.07, 6.45) is 1.63. The Morgan fingerprint density at radius 2 is 2.19 bits per heavy atom. The number of hydrogen-bond acceptors (Lipinski definition) is 3. The molecule has 5 heteroatoms. The third-order valence-corrected chi connectivity index (χ3v) is 3.02. The van der Waals surface area contributed by atoms with E-state index in [9.17, 15) is 0 Å². The number of methoxy groups -OCH3 is 1. The number of hydrogen-bond donors (Lipinski definition) is 1. The summed E-state index contributed by atoms with van der Waals surface area (Å²) in [5, 5.41) is 4.12. The Bertz CT molecular complexity index is 502. The van der Waals surface area contributed by atoms with Gasteiger partial charge in [-0.2, -0.15) is 5.10 Å². The molecule has 1 heterocycles. The van der Waals surface area contributed by atoms with Crippen LogP contribution in [-0.2, 0) is 7.05 Å². The Morgan fingerprint density at radius 3 is 2.75 bits per heavy atom.